The molecule has 0 saturated carbocycles. The molecule has 0 aliphatic heterocycles. The molecule has 0 bridgehead atoms. The summed E-state index contributed by atoms with van der Waals surface area (Å²) in [6.45, 7) is 0. The molecule has 0 fully saturated rings. The van der Waals surface area contributed by atoms with Gasteiger partial charge in [-0.3, -0.25) is 0 Å². The molecule has 0 atom stereocenters. The Morgan fingerprint density at radius 2 is 2.08 bits per heavy atom. The van der Waals surface area contributed by atoms with Crippen LogP contribution in [0.3, 0.4) is 0 Å². The highest BCUT2D eigenvalue weighted by atomic mass is 127. The second-order valence-electron chi connectivity index (χ2n) is 2.19. The fourth-order valence-corrected chi connectivity index (χ4v) is 1.59. The predicted octanol–water partition coefficient (Wildman–Crippen LogP) is -0.157. The number of hydrogen-bond donors (Lipinski definition) is 2. The van der Waals surface area contributed by atoms with Crippen LogP contribution in [0.25, 0.3) is 0 Å². The third-order valence-corrected chi connectivity index (χ3v) is 2.63. The smallest absolute Gasteiger partial charge is 0.423 e. The number of hydrogen-bond acceptors (Lipinski definition) is 3. The van der Waals surface area contributed by atoms with E-state index < -0.39 is 7.12 Å². The second kappa shape index (κ2) is 3.89. The Hall–Kier alpha value is -0.575. The molecule has 60 valence electrons. The van der Waals surface area contributed by atoms with Gasteiger partial charge in [-0.15, -0.1) is 0 Å². The van der Waals surface area contributed by atoms with Gasteiger partial charge in [-0.1, -0.05) is 12.1 Å². The first kappa shape index (κ1) is 9.51. The van der Waals surface area contributed by atoms with Crippen LogP contribution in [0, 0.1) is 14.9 Å². The third kappa shape index (κ3) is 1.77. The Morgan fingerprint density at radius 1 is 1.42 bits per heavy atom. The van der Waals surface area contributed by atoms with Crippen molar-refractivity contribution in [1.82, 2.24) is 0 Å². The summed E-state index contributed by atoms with van der Waals surface area (Å²) in [5.41, 5.74) is 0.829. The van der Waals surface area contributed by atoms with Crippen molar-refractivity contribution in [3.05, 3.63) is 27.3 Å². The first-order valence-corrected chi connectivity index (χ1v) is 4.29. The lowest BCUT2D eigenvalue weighted by Crippen LogP contribution is -2.32. The lowest BCUT2D eigenvalue weighted by Gasteiger charge is -2.02. The van der Waals surface area contributed by atoms with E-state index in [0.29, 0.717) is 14.6 Å². The Kier molecular flexibility index (Phi) is 3.09. The van der Waals surface area contributed by atoms with Gasteiger partial charge in [0.25, 0.3) is 0 Å². The summed E-state index contributed by atoms with van der Waals surface area (Å²) in [4.78, 5) is 0. The zero-order valence-electron chi connectivity index (χ0n) is 6.03. The molecule has 0 radical (unpaired) electrons. The minimum absolute atomic E-state index is 0.370. The minimum Gasteiger partial charge on any atom is -0.423 e. The lowest BCUT2D eigenvalue weighted by atomic mass is 9.80. The van der Waals surface area contributed by atoms with Gasteiger partial charge in [-0.05, 0) is 34.1 Å². The van der Waals surface area contributed by atoms with Crippen LogP contribution < -0.4 is 5.46 Å². The molecule has 0 amide bonds. The van der Waals surface area contributed by atoms with E-state index in [-0.39, 0.29) is 0 Å². The number of nitriles is 1. The van der Waals surface area contributed by atoms with E-state index in [9.17, 15) is 0 Å². The molecule has 12 heavy (non-hydrogen) atoms. The SMILES string of the molecule is N#Cc1cccc(B(O)O)c1I. The Labute approximate surface area is 83.9 Å². The van der Waals surface area contributed by atoms with Crippen LogP contribution in [0.4, 0.5) is 0 Å². The number of nitrogens with zero attached hydrogens (tertiary/aromatic N) is 1. The summed E-state index contributed by atoms with van der Waals surface area (Å²) in [6, 6.07) is 6.79. The van der Waals surface area contributed by atoms with Crippen LogP contribution in [0.2, 0.25) is 0 Å². The van der Waals surface area contributed by atoms with Crippen LogP contribution in [-0.2, 0) is 0 Å². The van der Waals surface area contributed by atoms with Gasteiger partial charge < -0.3 is 10.0 Å². The molecule has 1 aromatic carbocycles. The van der Waals surface area contributed by atoms with Gasteiger partial charge >= 0.3 is 7.12 Å². The van der Waals surface area contributed by atoms with Gasteiger partial charge in [0.05, 0.1) is 5.56 Å². The van der Waals surface area contributed by atoms with Gasteiger partial charge in [0.2, 0.25) is 0 Å². The summed E-state index contributed by atoms with van der Waals surface area (Å²) < 4.78 is 0.590. The van der Waals surface area contributed by atoms with E-state index in [1.807, 2.05) is 28.7 Å². The molecule has 0 aliphatic rings. The average Bonchev–Trinajstić information content (AvgIpc) is 2.04. The molecule has 1 rings (SSSR count). The maximum Gasteiger partial charge on any atom is 0.489 e. The molecular formula is C7H5BINO2. The molecule has 0 unspecified atom stereocenters. The largest absolute Gasteiger partial charge is 0.489 e. The van der Waals surface area contributed by atoms with Crippen LogP contribution in [0.5, 0.6) is 0 Å². The van der Waals surface area contributed by atoms with Gasteiger partial charge in [-0.2, -0.15) is 5.26 Å². The van der Waals surface area contributed by atoms with Gasteiger partial charge in [0.1, 0.15) is 6.07 Å². The summed E-state index contributed by atoms with van der Waals surface area (Å²) in [5, 5.41) is 26.3. The molecule has 0 aliphatic carbocycles. The van der Waals surface area contributed by atoms with Crippen molar-refractivity contribution >= 4 is 35.2 Å². The summed E-state index contributed by atoms with van der Waals surface area (Å²) in [6.07, 6.45) is 0. The van der Waals surface area contributed by atoms with E-state index in [1.54, 1.807) is 18.2 Å². The van der Waals surface area contributed by atoms with Crippen molar-refractivity contribution < 1.29 is 10.0 Å². The molecule has 2 N–H and O–H groups in total. The first-order valence-electron chi connectivity index (χ1n) is 3.21. The van der Waals surface area contributed by atoms with Crippen molar-refractivity contribution in [3.63, 3.8) is 0 Å². The van der Waals surface area contributed by atoms with Gasteiger partial charge in [0, 0.05) is 3.57 Å². The Morgan fingerprint density at radius 3 is 2.58 bits per heavy atom. The number of rotatable bonds is 1. The van der Waals surface area contributed by atoms with Crippen LogP contribution >= 0.6 is 22.6 Å². The molecule has 5 heteroatoms. The quantitative estimate of drug-likeness (QED) is 0.552. The van der Waals surface area contributed by atoms with Crippen molar-refractivity contribution in [3.8, 4) is 6.07 Å². The standard InChI is InChI=1S/C7H5BINO2/c9-7-5(4-10)2-1-3-6(7)8(11)12/h1-3,11-12H. The highest BCUT2D eigenvalue weighted by Crippen LogP contribution is 2.08. The molecule has 1 aromatic rings. The highest BCUT2D eigenvalue weighted by molar-refractivity contribution is 14.1. The first-order chi connectivity index (χ1) is 5.66. The maximum atomic E-state index is 8.87. The fraction of sp³-hybridized carbons (Fsp3) is 0. The summed E-state index contributed by atoms with van der Waals surface area (Å²) in [5.74, 6) is 0. The van der Waals surface area contributed by atoms with Gasteiger partial charge in [0.15, 0.2) is 0 Å². The van der Waals surface area contributed by atoms with Gasteiger partial charge in [-0.25, -0.2) is 0 Å². The monoisotopic (exact) mass is 273 g/mol. The number of halogens is 1. The van der Waals surface area contributed by atoms with E-state index in [2.05, 4.69) is 0 Å². The van der Waals surface area contributed by atoms with Crippen LogP contribution in [-0.4, -0.2) is 17.2 Å². The topological polar surface area (TPSA) is 64.2 Å². The summed E-state index contributed by atoms with van der Waals surface area (Å²) in [7, 11) is -1.51. The third-order valence-electron chi connectivity index (χ3n) is 1.43. The summed E-state index contributed by atoms with van der Waals surface area (Å²) >= 11 is 1.91. The fourth-order valence-electron chi connectivity index (χ4n) is 0.836. The molecule has 0 saturated heterocycles. The normalized spacial score (nSPS) is 9.17. The van der Waals surface area contributed by atoms with E-state index in [0.717, 1.165) is 0 Å². The number of benzene rings is 1. The zero-order chi connectivity index (χ0) is 9.14. The van der Waals surface area contributed by atoms with Crippen molar-refractivity contribution in [2.45, 2.75) is 0 Å². The molecule has 0 spiro atoms. The van der Waals surface area contributed by atoms with E-state index >= 15 is 0 Å². The predicted molar refractivity (Wildman–Crippen MR) is 53.7 cm³/mol. The highest BCUT2D eigenvalue weighted by Gasteiger charge is 2.16. The van der Waals surface area contributed by atoms with Crippen molar-refractivity contribution in [2.75, 3.05) is 0 Å². The Bertz CT molecular complexity index is 335. The van der Waals surface area contributed by atoms with E-state index in [1.165, 1.54) is 0 Å². The molecule has 0 aromatic heterocycles. The average molecular weight is 273 g/mol. The van der Waals surface area contributed by atoms with Crippen molar-refractivity contribution in [1.29, 1.82) is 5.26 Å². The molecular weight excluding hydrogens is 268 g/mol. The maximum absolute atomic E-state index is 8.87. The lowest BCUT2D eigenvalue weighted by molar-refractivity contribution is 0.425. The zero-order valence-corrected chi connectivity index (χ0v) is 8.19. The van der Waals surface area contributed by atoms with E-state index in [4.69, 9.17) is 15.3 Å². The minimum atomic E-state index is -1.51. The molecule has 3 nitrogen and oxygen atoms in total. The van der Waals surface area contributed by atoms with Crippen molar-refractivity contribution in [2.24, 2.45) is 0 Å². The second-order valence-corrected chi connectivity index (χ2v) is 3.27. The van der Waals surface area contributed by atoms with Crippen LogP contribution in [0.1, 0.15) is 5.56 Å². The van der Waals surface area contributed by atoms with Crippen LogP contribution in [0.15, 0.2) is 18.2 Å². The Balaban J connectivity index is 3.25. The molecule has 0 heterocycles.